The van der Waals surface area contributed by atoms with Gasteiger partial charge in [0.25, 0.3) is 0 Å². The van der Waals surface area contributed by atoms with Crippen molar-refractivity contribution in [1.29, 1.82) is 0 Å². The lowest BCUT2D eigenvalue weighted by molar-refractivity contribution is -0.146. The molecule has 186 valence electrons. The molecule has 0 spiro atoms. The highest BCUT2D eigenvalue weighted by Crippen LogP contribution is 2.40. The molecule has 5 heteroatoms. The summed E-state index contributed by atoms with van der Waals surface area (Å²) in [7, 11) is 4.06. The van der Waals surface area contributed by atoms with Crippen molar-refractivity contribution < 1.29 is 14.3 Å². The fourth-order valence-corrected chi connectivity index (χ4v) is 4.53. The van der Waals surface area contributed by atoms with Crippen LogP contribution >= 0.6 is 11.6 Å². The Kier molecular flexibility index (Phi) is 11.8. The number of carbonyl (C=O) groups excluding carboxylic acids is 2. The Morgan fingerprint density at radius 1 is 0.912 bits per heavy atom. The maximum Gasteiger partial charge on any atom is 0.307 e. The number of benzene rings is 2. The Morgan fingerprint density at radius 2 is 1.47 bits per heavy atom. The molecule has 0 aliphatic carbocycles. The van der Waals surface area contributed by atoms with Gasteiger partial charge < -0.3 is 9.64 Å². The fourth-order valence-electron chi connectivity index (χ4n) is 4.32. The van der Waals surface area contributed by atoms with Crippen molar-refractivity contribution in [1.82, 2.24) is 4.90 Å². The van der Waals surface area contributed by atoms with E-state index in [1.807, 2.05) is 74.8 Å². The molecule has 2 aromatic carbocycles. The topological polar surface area (TPSA) is 46.6 Å². The lowest BCUT2D eigenvalue weighted by Crippen LogP contribution is -2.43. The number of nitrogens with zero attached hydrogens (tertiary/aromatic N) is 1. The second-order valence-corrected chi connectivity index (χ2v) is 9.81. The van der Waals surface area contributed by atoms with Gasteiger partial charge in [0, 0.05) is 25.3 Å². The SMILES string of the molecule is CCCCCCC(=O)OC(Cl)CCC(=O)C(CC(C)N(C)C)(c1ccccc1)c1ccccc1. The van der Waals surface area contributed by atoms with E-state index in [1.165, 1.54) is 0 Å². The van der Waals surface area contributed by atoms with E-state index in [1.54, 1.807) is 0 Å². The third kappa shape index (κ3) is 7.95. The van der Waals surface area contributed by atoms with E-state index < -0.39 is 11.0 Å². The quantitative estimate of drug-likeness (QED) is 0.159. The molecule has 0 aliphatic rings. The predicted molar refractivity (Wildman–Crippen MR) is 140 cm³/mol. The van der Waals surface area contributed by atoms with Gasteiger partial charge in [-0.3, -0.25) is 9.59 Å². The second kappa shape index (κ2) is 14.3. The van der Waals surface area contributed by atoms with Gasteiger partial charge in [-0.1, -0.05) is 98.5 Å². The van der Waals surface area contributed by atoms with Crippen LogP contribution < -0.4 is 0 Å². The summed E-state index contributed by atoms with van der Waals surface area (Å²) in [5.74, 6) is -0.203. The average Bonchev–Trinajstić information content (AvgIpc) is 2.84. The molecule has 0 saturated heterocycles. The summed E-state index contributed by atoms with van der Waals surface area (Å²) in [6.45, 7) is 4.27. The number of hydrogen-bond acceptors (Lipinski definition) is 4. The number of esters is 1. The maximum absolute atomic E-state index is 14.0. The molecule has 2 atom stereocenters. The van der Waals surface area contributed by atoms with Gasteiger partial charge >= 0.3 is 5.97 Å². The normalized spacial score (nSPS) is 13.5. The third-order valence-corrected chi connectivity index (χ3v) is 6.89. The summed E-state index contributed by atoms with van der Waals surface area (Å²) in [6, 6.07) is 20.1. The molecule has 0 aromatic heterocycles. The van der Waals surface area contributed by atoms with Crippen LogP contribution in [0.5, 0.6) is 0 Å². The van der Waals surface area contributed by atoms with Gasteiger partial charge in [-0.15, -0.1) is 0 Å². The van der Waals surface area contributed by atoms with Crippen LogP contribution in [0.15, 0.2) is 60.7 Å². The molecule has 0 radical (unpaired) electrons. The summed E-state index contributed by atoms with van der Waals surface area (Å²) >= 11 is 6.35. The Morgan fingerprint density at radius 3 is 1.97 bits per heavy atom. The standard InChI is InChI=1S/C29H40ClNO3/c1-5-6-7-14-19-28(33)34-27(30)21-20-26(32)29(22-23(2)31(3)4,24-15-10-8-11-16-24)25-17-12-9-13-18-25/h8-13,15-18,23,27H,5-7,14,19-22H2,1-4H3. The molecule has 2 aromatic rings. The van der Waals surface area contributed by atoms with Crippen LogP contribution in [0.3, 0.4) is 0 Å². The van der Waals surface area contributed by atoms with Gasteiger partial charge in [-0.05, 0) is 45.0 Å². The van der Waals surface area contributed by atoms with Gasteiger partial charge in [-0.25, -0.2) is 0 Å². The number of halogens is 1. The molecule has 2 rings (SSSR count). The zero-order chi connectivity index (χ0) is 25.0. The van der Waals surface area contributed by atoms with Crippen molar-refractivity contribution in [3.8, 4) is 0 Å². The van der Waals surface area contributed by atoms with Crippen molar-refractivity contribution in [2.75, 3.05) is 14.1 Å². The molecule has 0 fully saturated rings. The number of carbonyl (C=O) groups is 2. The summed E-state index contributed by atoms with van der Waals surface area (Å²) in [5, 5.41) is 0. The van der Waals surface area contributed by atoms with Crippen LogP contribution in [-0.2, 0) is 19.7 Å². The van der Waals surface area contributed by atoms with Crippen LogP contribution in [-0.4, -0.2) is 42.4 Å². The molecule has 0 heterocycles. The van der Waals surface area contributed by atoms with Gasteiger partial charge in [0.05, 0.1) is 5.41 Å². The van der Waals surface area contributed by atoms with E-state index in [9.17, 15) is 9.59 Å². The van der Waals surface area contributed by atoms with Crippen LogP contribution in [0.25, 0.3) is 0 Å². The molecule has 34 heavy (non-hydrogen) atoms. The zero-order valence-corrected chi connectivity index (χ0v) is 21.9. The number of ketones is 1. The van der Waals surface area contributed by atoms with Gasteiger partial charge in [0.1, 0.15) is 5.78 Å². The van der Waals surface area contributed by atoms with Crippen LogP contribution in [0.4, 0.5) is 0 Å². The smallest absolute Gasteiger partial charge is 0.307 e. The highest BCUT2D eigenvalue weighted by Gasteiger charge is 2.42. The minimum absolute atomic E-state index is 0.0863. The predicted octanol–water partition coefficient (Wildman–Crippen LogP) is 6.74. The van der Waals surface area contributed by atoms with Gasteiger partial charge in [0.15, 0.2) is 5.56 Å². The summed E-state index contributed by atoms with van der Waals surface area (Å²) < 4.78 is 5.39. The Bertz CT molecular complexity index is 830. The Balaban J connectivity index is 2.23. The number of hydrogen-bond donors (Lipinski definition) is 0. The van der Waals surface area contributed by atoms with Crippen molar-refractivity contribution in [3.05, 3.63) is 71.8 Å². The fraction of sp³-hybridized carbons (Fsp3) is 0.517. The first-order valence-corrected chi connectivity index (χ1v) is 12.9. The lowest BCUT2D eigenvalue weighted by Gasteiger charge is -2.38. The average molecular weight is 486 g/mol. The number of ether oxygens (including phenoxy) is 1. The molecule has 4 nitrogen and oxygen atoms in total. The summed E-state index contributed by atoms with van der Waals surface area (Å²) in [6.07, 6.45) is 5.57. The van der Waals surface area contributed by atoms with Crippen molar-refractivity contribution in [3.63, 3.8) is 0 Å². The van der Waals surface area contributed by atoms with Crippen molar-refractivity contribution in [2.45, 2.75) is 82.2 Å². The van der Waals surface area contributed by atoms with Crippen LogP contribution in [0.2, 0.25) is 0 Å². The van der Waals surface area contributed by atoms with E-state index in [0.717, 1.165) is 36.8 Å². The largest absolute Gasteiger partial charge is 0.446 e. The van der Waals surface area contributed by atoms with E-state index in [-0.39, 0.29) is 24.2 Å². The molecular weight excluding hydrogens is 446 g/mol. The molecule has 0 N–H and O–H groups in total. The minimum Gasteiger partial charge on any atom is -0.446 e. The van der Waals surface area contributed by atoms with Crippen LogP contribution in [0.1, 0.15) is 76.3 Å². The van der Waals surface area contributed by atoms with Gasteiger partial charge in [0.2, 0.25) is 0 Å². The number of alkyl halides is 1. The number of rotatable bonds is 15. The van der Waals surface area contributed by atoms with E-state index in [0.29, 0.717) is 19.3 Å². The molecule has 0 bridgehead atoms. The van der Waals surface area contributed by atoms with E-state index in [4.69, 9.17) is 16.3 Å². The summed E-state index contributed by atoms with van der Waals surface area (Å²) in [4.78, 5) is 28.3. The van der Waals surface area contributed by atoms with Gasteiger partial charge in [-0.2, -0.15) is 0 Å². The first kappa shape index (κ1) is 28.1. The first-order valence-electron chi connectivity index (χ1n) is 12.5. The Labute approximate surface area is 210 Å². The lowest BCUT2D eigenvalue weighted by atomic mass is 9.66. The highest BCUT2D eigenvalue weighted by molar-refractivity contribution is 6.20. The summed E-state index contributed by atoms with van der Waals surface area (Å²) in [5.41, 5.74) is 0.323. The second-order valence-electron chi connectivity index (χ2n) is 9.33. The van der Waals surface area contributed by atoms with Crippen LogP contribution in [0, 0.1) is 0 Å². The molecule has 0 aliphatic heterocycles. The van der Waals surface area contributed by atoms with E-state index >= 15 is 0 Å². The maximum atomic E-state index is 14.0. The molecular formula is C29H40ClNO3. The minimum atomic E-state index is -0.813. The highest BCUT2D eigenvalue weighted by atomic mass is 35.5. The monoisotopic (exact) mass is 485 g/mol. The number of unbranched alkanes of at least 4 members (excludes halogenated alkanes) is 3. The molecule has 0 saturated carbocycles. The third-order valence-electron chi connectivity index (χ3n) is 6.58. The molecule has 0 amide bonds. The molecule has 2 unspecified atom stereocenters. The zero-order valence-electron chi connectivity index (χ0n) is 21.1. The Hall–Kier alpha value is -2.17. The van der Waals surface area contributed by atoms with Crippen molar-refractivity contribution in [2.24, 2.45) is 0 Å². The van der Waals surface area contributed by atoms with Crippen molar-refractivity contribution >= 4 is 23.4 Å². The van der Waals surface area contributed by atoms with E-state index in [2.05, 4.69) is 18.7 Å². The first-order chi connectivity index (χ1) is 16.3. The number of Topliss-reactive ketones (excluding diaryl/α,β-unsaturated/α-hetero) is 1.